The van der Waals surface area contributed by atoms with E-state index in [-0.39, 0.29) is 12.5 Å². The molecule has 0 unspecified atom stereocenters. The minimum Gasteiger partial charge on any atom is -0.726 e. The van der Waals surface area contributed by atoms with Crippen molar-refractivity contribution in [1.82, 2.24) is 5.32 Å². The molecule has 0 heterocycles. The lowest BCUT2D eigenvalue weighted by molar-refractivity contribution is -0.890. The van der Waals surface area contributed by atoms with E-state index in [1.165, 1.54) is 70.6 Å². The van der Waals surface area contributed by atoms with E-state index < -0.39 is 10.4 Å². The molecule has 0 aliphatic carbocycles. The van der Waals surface area contributed by atoms with Gasteiger partial charge in [-0.15, -0.1) is 0 Å². The van der Waals surface area contributed by atoms with Gasteiger partial charge in [0, 0.05) is 19.4 Å². The van der Waals surface area contributed by atoms with Gasteiger partial charge in [0.2, 0.25) is 16.3 Å². The Morgan fingerprint density at radius 2 is 1.29 bits per heavy atom. The molecule has 0 bridgehead atoms. The van der Waals surface area contributed by atoms with Gasteiger partial charge in [0.25, 0.3) is 0 Å². The zero-order valence-corrected chi connectivity index (χ0v) is 21.1. The molecule has 0 rings (SSSR count). The molecular formula is C23H48N2O5S. The lowest BCUT2D eigenvalue weighted by atomic mass is 10.0. The van der Waals surface area contributed by atoms with Gasteiger partial charge in [-0.25, -0.2) is 8.42 Å². The van der Waals surface area contributed by atoms with Gasteiger partial charge in [-0.1, -0.05) is 84.0 Å². The topological polar surface area (TPSA) is 95.5 Å². The van der Waals surface area contributed by atoms with E-state index >= 15 is 0 Å². The molecular weight excluding hydrogens is 416 g/mol. The van der Waals surface area contributed by atoms with E-state index in [9.17, 15) is 17.8 Å². The number of likely N-dealkylation sites (N-methyl/N-ethyl adjacent to an activating group) is 1. The zero-order chi connectivity index (χ0) is 23.4. The average molecular weight is 465 g/mol. The van der Waals surface area contributed by atoms with Crippen LogP contribution in [0.3, 0.4) is 0 Å². The molecule has 186 valence electrons. The first-order valence-corrected chi connectivity index (χ1v) is 13.7. The number of rotatable bonds is 22. The number of carbonyl (C=O) groups is 1. The Bertz CT molecular complexity index is 538. The van der Waals surface area contributed by atoms with Crippen LogP contribution in [0.1, 0.15) is 103 Å². The standard InChI is InChI=1S/C23H48N2O5S/c1-4-5-6-7-8-9-10-11-12-13-14-15-16-18-23(26)24-19-17-20-25(2,3)21-22-30-31(27,28)29/h4-22H2,1-3H3,(H-,24,26,27,28,29). The molecule has 0 aliphatic heterocycles. The normalized spacial score (nSPS) is 12.3. The Kier molecular flexibility index (Phi) is 18.4. The monoisotopic (exact) mass is 464 g/mol. The first-order valence-electron chi connectivity index (χ1n) is 12.4. The summed E-state index contributed by atoms with van der Waals surface area (Å²) < 4.78 is 36.2. The summed E-state index contributed by atoms with van der Waals surface area (Å²) in [6.07, 6.45) is 18.3. The van der Waals surface area contributed by atoms with Crippen molar-refractivity contribution in [3.05, 3.63) is 0 Å². The molecule has 0 aromatic carbocycles. The van der Waals surface area contributed by atoms with E-state index in [0.29, 0.717) is 24.0 Å². The summed E-state index contributed by atoms with van der Waals surface area (Å²) in [7, 11) is -0.743. The summed E-state index contributed by atoms with van der Waals surface area (Å²) in [4.78, 5) is 11.9. The quantitative estimate of drug-likeness (QED) is 0.110. The summed E-state index contributed by atoms with van der Waals surface area (Å²) in [5, 5.41) is 2.95. The highest BCUT2D eigenvalue weighted by Crippen LogP contribution is 2.13. The third kappa shape index (κ3) is 23.8. The van der Waals surface area contributed by atoms with Gasteiger partial charge < -0.3 is 14.4 Å². The van der Waals surface area contributed by atoms with Crippen LogP contribution in [0, 0.1) is 0 Å². The van der Waals surface area contributed by atoms with Gasteiger partial charge in [0.1, 0.15) is 13.2 Å². The summed E-state index contributed by atoms with van der Waals surface area (Å²) in [5.74, 6) is 0.106. The Labute approximate surface area is 191 Å². The SMILES string of the molecule is CCCCCCCCCCCCCCCC(=O)NCCC[N+](C)(C)CCOS(=O)(=O)[O-]. The van der Waals surface area contributed by atoms with E-state index in [0.717, 1.165) is 25.8 Å². The largest absolute Gasteiger partial charge is 0.726 e. The van der Waals surface area contributed by atoms with Crippen molar-refractivity contribution in [3.63, 3.8) is 0 Å². The average Bonchev–Trinajstić information content (AvgIpc) is 2.67. The predicted octanol–water partition coefficient (Wildman–Crippen LogP) is 4.53. The molecule has 0 aliphatic rings. The highest BCUT2D eigenvalue weighted by molar-refractivity contribution is 7.80. The summed E-state index contributed by atoms with van der Waals surface area (Å²) in [5.41, 5.74) is 0. The van der Waals surface area contributed by atoms with Crippen LogP contribution in [-0.2, 0) is 19.4 Å². The number of nitrogens with one attached hydrogen (secondary N) is 1. The molecule has 0 saturated carbocycles. The number of hydrogen-bond acceptors (Lipinski definition) is 5. The van der Waals surface area contributed by atoms with E-state index in [1.54, 1.807) is 0 Å². The lowest BCUT2D eigenvalue weighted by Gasteiger charge is -2.29. The van der Waals surface area contributed by atoms with Crippen LogP contribution in [0.4, 0.5) is 0 Å². The molecule has 8 heteroatoms. The first-order chi connectivity index (χ1) is 14.7. The maximum atomic E-state index is 11.9. The van der Waals surface area contributed by atoms with Crippen molar-refractivity contribution in [2.45, 2.75) is 103 Å². The maximum absolute atomic E-state index is 11.9. The molecule has 0 radical (unpaired) electrons. The number of quaternary nitrogens is 1. The highest BCUT2D eigenvalue weighted by Gasteiger charge is 2.15. The molecule has 31 heavy (non-hydrogen) atoms. The smallest absolute Gasteiger partial charge is 0.219 e. The molecule has 0 aromatic heterocycles. The van der Waals surface area contributed by atoms with Crippen LogP contribution in [0.2, 0.25) is 0 Å². The molecule has 0 spiro atoms. The fraction of sp³-hybridized carbons (Fsp3) is 0.957. The number of amides is 1. The minimum atomic E-state index is -4.62. The Hall–Kier alpha value is -0.700. The van der Waals surface area contributed by atoms with Crippen molar-refractivity contribution in [1.29, 1.82) is 0 Å². The second-order valence-electron chi connectivity index (χ2n) is 9.31. The summed E-state index contributed by atoms with van der Waals surface area (Å²) >= 11 is 0. The van der Waals surface area contributed by atoms with Crippen LogP contribution in [0.25, 0.3) is 0 Å². The third-order valence-corrected chi connectivity index (χ3v) is 6.15. The van der Waals surface area contributed by atoms with Gasteiger partial charge >= 0.3 is 0 Å². The first kappa shape index (κ1) is 30.3. The third-order valence-electron chi connectivity index (χ3n) is 5.69. The van der Waals surface area contributed by atoms with Crippen LogP contribution < -0.4 is 5.32 Å². The number of nitrogens with zero attached hydrogens (tertiary/aromatic N) is 1. The molecule has 0 fully saturated rings. The van der Waals surface area contributed by atoms with E-state index in [4.69, 9.17) is 0 Å². The number of unbranched alkanes of at least 4 members (excludes halogenated alkanes) is 12. The molecule has 1 N–H and O–H groups in total. The summed E-state index contributed by atoms with van der Waals surface area (Å²) in [6, 6.07) is 0. The van der Waals surface area contributed by atoms with Crippen molar-refractivity contribution >= 4 is 16.3 Å². The van der Waals surface area contributed by atoms with Gasteiger partial charge in [-0.05, 0) is 6.42 Å². The second kappa shape index (κ2) is 18.8. The van der Waals surface area contributed by atoms with Crippen LogP contribution >= 0.6 is 0 Å². The number of carbonyl (C=O) groups excluding carboxylic acids is 1. The predicted molar refractivity (Wildman–Crippen MR) is 125 cm³/mol. The molecule has 0 aromatic rings. The number of hydrogen-bond donors (Lipinski definition) is 1. The van der Waals surface area contributed by atoms with Gasteiger partial charge in [0.15, 0.2) is 0 Å². The van der Waals surface area contributed by atoms with Crippen LogP contribution in [0.5, 0.6) is 0 Å². The maximum Gasteiger partial charge on any atom is 0.219 e. The van der Waals surface area contributed by atoms with Crippen molar-refractivity contribution < 1.29 is 26.4 Å². The Morgan fingerprint density at radius 1 is 0.806 bits per heavy atom. The van der Waals surface area contributed by atoms with Crippen LogP contribution in [0.15, 0.2) is 0 Å². The van der Waals surface area contributed by atoms with E-state index in [1.807, 2.05) is 14.1 Å². The van der Waals surface area contributed by atoms with Crippen LogP contribution in [-0.4, -0.2) is 63.7 Å². The Balaban J connectivity index is 3.45. The second-order valence-corrected chi connectivity index (χ2v) is 10.4. The van der Waals surface area contributed by atoms with Crippen molar-refractivity contribution in [2.24, 2.45) is 0 Å². The van der Waals surface area contributed by atoms with E-state index in [2.05, 4.69) is 16.4 Å². The zero-order valence-electron chi connectivity index (χ0n) is 20.3. The molecule has 0 saturated heterocycles. The molecule has 0 atom stereocenters. The summed E-state index contributed by atoms with van der Waals surface area (Å²) in [6.45, 7) is 3.94. The minimum absolute atomic E-state index is 0.106. The van der Waals surface area contributed by atoms with Gasteiger partial charge in [-0.3, -0.25) is 8.98 Å². The molecule has 1 amide bonds. The van der Waals surface area contributed by atoms with Gasteiger partial charge in [-0.2, -0.15) is 0 Å². The highest BCUT2D eigenvalue weighted by atomic mass is 32.3. The Morgan fingerprint density at radius 3 is 1.77 bits per heavy atom. The van der Waals surface area contributed by atoms with Crippen molar-refractivity contribution in [2.75, 3.05) is 40.3 Å². The van der Waals surface area contributed by atoms with Crippen molar-refractivity contribution in [3.8, 4) is 0 Å². The fourth-order valence-corrected chi connectivity index (χ4v) is 3.90. The molecule has 7 nitrogen and oxygen atoms in total. The fourth-order valence-electron chi connectivity index (χ4n) is 3.62. The lowest BCUT2D eigenvalue weighted by Crippen LogP contribution is -2.44. The van der Waals surface area contributed by atoms with Gasteiger partial charge in [0.05, 0.1) is 20.6 Å².